The standard InChI is InChI=1S/C7H14N2.C3H6O3.H3NO3S/c1-2-5-9-6-3-8-4-7-9;1-2(4)3(5)6;1-5(2,3)4/h2,8H,1,3-7H2;2,4H,1H3,(H,5,6);(H3,1,2,3,4). The molecular formula is C10H23N3O6S. The van der Waals surface area contributed by atoms with Crippen molar-refractivity contribution in [3.8, 4) is 0 Å². The average Bonchev–Trinajstić information content (AvgIpc) is 2.29. The molecule has 0 aliphatic carbocycles. The lowest BCUT2D eigenvalue weighted by Crippen LogP contribution is -2.43. The predicted molar refractivity (Wildman–Crippen MR) is 74.6 cm³/mol. The fourth-order valence-electron chi connectivity index (χ4n) is 1.08. The smallest absolute Gasteiger partial charge is 0.332 e. The number of aliphatic hydroxyl groups excluding tert-OH is 1. The number of nitrogens with one attached hydrogen (secondary N) is 1. The van der Waals surface area contributed by atoms with Crippen LogP contribution >= 0.6 is 0 Å². The molecule has 10 heteroatoms. The van der Waals surface area contributed by atoms with Crippen LogP contribution in [0.5, 0.6) is 0 Å². The molecule has 1 unspecified atom stereocenters. The fraction of sp³-hybridized carbons (Fsp3) is 0.700. The molecule has 120 valence electrons. The first-order chi connectivity index (χ1) is 9.07. The summed E-state index contributed by atoms with van der Waals surface area (Å²) in [4.78, 5) is 11.8. The van der Waals surface area contributed by atoms with E-state index in [4.69, 9.17) is 23.2 Å². The van der Waals surface area contributed by atoms with Gasteiger partial charge in [-0.25, -0.2) is 9.93 Å². The van der Waals surface area contributed by atoms with Crippen molar-refractivity contribution < 1.29 is 28.0 Å². The van der Waals surface area contributed by atoms with Gasteiger partial charge in [-0.15, -0.1) is 6.58 Å². The van der Waals surface area contributed by atoms with E-state index in [1.165, 1.54) is 20.0 Å². The summed E-state index contributed by atoms with van der Waals surface area (Å²) in [5, 5.41) is 22.9. The third kappa shape index (κ3) is 22.2. The first-order valence-corrected chi connectivity index (χ1v) is 7.28. The van der Waals surface area contributed by atoms with Crippen LogP contribution in [0.4, 0.5) is 0 Å². The van der Waals surface area contributed by atoms with Crippen molar-refractivity contribution in [2.75, 3.05) is 32.7 Å². The minimum atomic E-state index is -4.17. The van der Waals surface area contributed by atoms with Crippen molar-refractivity contribution in [3.05, 3.63) is 12.7 Å². The lowest BCUT2D eigenvalue weighted by molar-refractivity contribution is -0.145. The normalized spacial score (nSPS) is 16.8. The Labute approximate surface area is 119 Å². The molecule has 0 aromatic heterocycles. The van der Waals surface area contributed by atoms with E-state index in [2.05, 4.69) is 21.9 Å². The van der Waals surface area contributed by atoms with Crippen molar-refractivity contribution in [2.45, 2.75) is 13.0 Å². The van der Waals surface area contributed by atoms with E-state index in [1.54, 1.807) is 0 Å². The van der Waals surface area contributed by atoms with Crippen LogP contribution in [0.25, 0.3) is 0 Å². The van der Waals surface area contributed by atoms with Crippen molar-refractivity contribution in [2.24, 2.45) is 5.14 Å². The number of aliphatic carboxylic acids is 1. The lowest BCUT2D eigenvalue weighted by atomic mass is 10.3. The number of piperazine rings is 1. The molecule has 20 heavy (non-hydrogen) atoms. The average molecular weight is 313 g/mol. The largest absolute Gasteiger partial charge is 0.479 e. The van der Waals surface area contributed by atoms with Crippen LogP contribution in [0.3, 0.4) is 0 Å². The zero-order chi connectivity index (χ0) is 16.2. The van der Waals surface area contributed by atoms with E-state index in [9.17, 15) is 4.79 Å². The molecule has 0 spiro atoms. The molecule has 0 bridgehead atoms. The van der Waals surface area contributed by atoms with Gasteiger partial charge in [0.15, 0.2) is 0 Å². The predicted octanol–water partition coefficient (Wildman–Crippen LogP) is -1.72. The molecule has 0 radical (unpaired) electrons. The first-order valence-electron chi connectivity index (χ1n) is 5.78. The molecule has 0 aromatic rings. The van der Waals surface area contributed by atoms with Gasteiger partial charge in [0, 0.05) is 32.7 Å². The van der Waals surface area contributed by atoms with Gasteiger partial charge in [-0.2, -0.15) is 8.42 Å². The molecule has 0 aromatic carbocycles. The Balaban J connectivity index is 0. The Morgan fingerprint density at radius 3 is 2.10 bits per heavy atom. The van der Waals surface area contributed by atoms with Crippen LogP contribution in [-0.2, 0) is 15.1 Å². The molecule has 0 amide bonds. The molecule has 1 atom stereocenters. The van der Waals surface area contributed by atoms with Gasteiger partial charge in [0.25, 0.3) is 0 Å². The molecule has 1 aliphatic heterocycles. The van der Waals surface area contributed by atoms with Gasteiger partial charge in [0.2, 0.25) is 0 Å². The fourth-order valence-corrected chi connectivity index (χ4v) is 1.08. The summed E-state index contributed by atoms with van der Waals surface area (Å²) in [6, 6.07) is 0. The second-order valence-corrected chi connectivity index (χ2v) is 4.90. The van der Waals surface area contributed by atoms with Crippen LogP contribution in [-0.4, -0.2) is 72.9 Å². The number of nitrogens with two attached hydrogens (primary N) is 1. The number of carbonyl (C=O) groups is 1. The Bertz CT molecular complexity index is 357. The number of hydrogen-bond donors (Lipinski definition) is 5. The summed E-state index contributed by atoms with van der Waals surface area (Å²) in [5.74, 6) is -1.19. The van der Waals surface area contributed by atoms with E-state index in [0.717, 1.165) is 19.6 Å². The minimum Gasteiger partial charge on any atom is -0.479 e. The lowest BCUT2D eigenvalue weighted by Gasteiger charge is -2.25. The van der Waals surface area contributed by atoms with Crippen LogP contribution in [0.2, 0.25) is 0 Å². The van der Waals surface area contributed by atoms with Gasteiger partial charge in [0.1, 0.15) is 6.10 Å². The second kappa shape index (κ2) is 11.8. The maximum absolute atomic E-state index is 9.45. The molecular weight excluding hydrogens is 290 g/mol. The SMILES string of the molecule is C=CCN1CCNCC1.CC(O)C(=O)O.NS(=O)(=O)O. The van der Waals surface area contributed by atoms with Gasteiger partial charge in [-0.3, -0.25) is 9.45 Å². The van der Waals surface area contributed by atoms with Crippen molar-refractivity contribution in [1.29, 1.82) is 0 Å². The third-order valence-electron chi connectivity index (χ3n) is 1.95. The molecule has 1 saturated heterocycles. The topological polar surface area (TPSA) is 153 Å². The summed E-state index contributed by atoms with van der Waals surface area (Å²) < 4.78 is 25.2. The van der Waals surface area contributed by atoms with Gasteiger partial charge in [-0.05, 0) is 6.92 Å². The van der Waals surface area contributed by atoms with E-state index in [1.807, 2.05) is 6.08 Å². The number of rotatable bonds is 3. The summed E-state index contributed by atoms with van der Waals surface area (Å²) in [6.07, 6.45) is 0.732. The summed E-state index contributed by atoms with van der Waals surface area (Å²) >= 11 is 0. The highest BCUT2D eigenvalue weighted by Crippen LogP contribution is 1.89. The number of nitrogens with zero attached hydrogens (tertiary/aromatic N) is 1. The van der Waals surface area contributed by atoms with Crippen LogP contribution < -0.4 is 10.5 Å². The molecule has 0 saturated carbocycles. The van der Waals surface area contributed by atoms with E-state index >= 15 is 0 Å². The van der Waals surface area contributed by atoms with Crippen molar-refractivity contribution in [1.82, 2.24) is 10.2 Å². The quantitative estimate of drug-likeness (QED) is 0.304. The second-order valence-electron chi connectivity index (χ2n) is 3.87. The molecule has 1 rings (SSSR count). The van der Waals surface area contributed by atoms with Gasteiger partial charge in [0.05, 0.1) is 0 Å². The number of aliphatic hydroxyl groups is 1. The van der Waals surface area contributed by atoms with Gasteiger partial charge in [-0.1, -0.05) is 6.08 Å². The van der Waals surface area contributed by atoms with Crippen molar-refractivity contribution >= 4 is 16.3 Å². The number of carboxylic acids is 1. The summed E-state index contributed by atoms with van der Waals surface area (Å²) in [5.41, 5.74) is 0. The Hall–Kier alpha value is -1.04. The highest BCUT2D eigenvalue weighted by Gasteiger charge is 2.05. The minimum absolute atomic E-state index is 1.04. The van der Waals surface area contributed by atoms with Crippen LogP contribution in [0.15, 0.2) is 12.7 Å². The molecule has 1 aliphatic rings. The monoisotopic (exact) mass is 313 g/mol. The highest BCUT2D eigenvalue weighted by atomic mass is 32.2. The van der Waals surface area contributed by atoms with Crippen molar-refractivity contribution in [3.63, 3.8) is 0 Å². The number of carboxylic acid groups (broad SMARTS) is 1. The number of hydrogen-bond acceptors (Lipinski definition) is 6. The van der Waals surface area contributed by atoms with E-state index < -0.39 is 22.4 Å². The molecule has 9 nitrogen and oxygen atoms in total. The highest BCUT2D eigenvalue weighted by molar-refractivity contribution is 7.83. The maximum Gasteiger partial charge on any atom is 0.332 e. The maximum atomic E-state index is 9.45. The Morgan fingerprint density at radius 2 is 1.85 bits per heavy atom. The summed E-state index contributed by atoms with van der Waals surface area (Å²) in [6.45, 7) is 10.5. The molecule has 1 fully saturated rings. The van der Waals surface area contributed by atoms with Crippen LogP contribution in [0.1, 0.15) is 6.92 Å². The first kappa shape index (κ1) is 21.3. The van der Waals surface area contributed by atoms with E-state index in [0.29, 0.717) is 0 Å². The zero-order valence-corrected chi connectivity index (χ0v) is 12.2. The van der Waals surface area contributed by atoms with Gasteiger partial charge >= 0.3 is 16.3 Å². The Morgan fingerprint density at radius 1 is 1.50 bits per heavy atom. The molecule has 6 N–H and O–H groups in total. The zero-order valence-electron chi connectivity index (χ0n) is 11.4. The van der Waals surface area contributed by atoms with E-state index in [-0.39, 0.29) is 0 Å². The Kier molecular flexibility index (Phi) is 12.5. The van der Waals surface area contributed by atoms with Gasteiger partial charge < -0.3 is 15.5 Å². The summed E-state index contributed by atoms with van der Waals surface area (Å²) in [7, 11) is -4.17. The van der Waals surface area contributed by atoms with Crippen LogP contribution in [0, 0.1) is 0 Å². The third-order valence-corrected chi connectivity index (χ3v) is 1.95. The molecule has 1 heterocycles.